The lowest BCUT2D eigenvalue weighted by Crippen LogP contribution is -2.41. The number of amides is 1. The van der Waals surface area contributed by atoms with E-state index in [2.05, 4.69) is 13.8 Å². The molecule has 6 heteroatoms. The van der Waals surface area contributed by atoms with Crippen LogP contribution in [0.25, 0.3) is 0 Å². The van der Waals surface area contributed by atoms with Crippen LogP contribution in [0.15, 0.2) is 35.6 Å². The van der Waals surface area contributed by atoms with E-state index in [1.165, 1.54) is 0 Å². The van der Waals surface area contributed by atoms with E-state index in [4.69, 9.17) is 14.2 Å². The lowest BCUT2D eigenvalue weighted by Gasteiger charge is -2.37. The first-order valence-electron chi connectivity index (χ1n) is 11.5. The first-order chi connectivity index (χ1) is 15.0. The van der Waals surface area contributed by atoms with E-state index in [9.17, 15) is 9.59 Å². The summed E-state index contributed by atoms with van der Waals surface area (Å²) in [6, 6.07) is 7.30. The van der Waals surface area contributed by atoms with Crippen molar-refractivity contribution in [3.8, 4) is 5.75 Å². The van der Waals surface area contributed by atoms with Gasteiger partial charge in [-0.25, -0.2) is 0 Å². The monoisotopic (exact) mass is 427 g/mol. The third-order valence-corrected chi connectivity index (χ3v) is 6.68. The lowest BCUT2D eigenvalue weighted by atomic mass is 9.74. The molecule has 2 heterocycles. The molecule has 1 saturated carbocycles. The average Bonchev–Trinajstić information content (AvgIpc) is 3.05. The third-order valence-electron chi connectivity index (χ3n) is 6.68. The number of hydrogen-bond acceptors (Lipinski definition) is 5. The second kappa shape index (κ2) is 9.43. The molecule has 0 saturated heterocycles. The Morgan fingerprint density at radius 2 is 2.03 bits per heavy atom. The highest BCUT2D eigenvalue weighted by atomic mass is 16.5. The fourth-order valence-corrected chi connectivity index (χ4v) is 5.00. The minimum absolute atomic E-state index is 0.0772. The van der Waals surface area contributed by atoms with Crippen molar-refractivity contribution < 1.29 is 23.8 Å². The Kier molecular flexibility index (Phi) is 6.65. The van der Waals surface area contributed by atoms with Gasteiger partial charge in [-0.1, -0.05) is 32.4 Å². The van der Waals surface area contributed by atoms with E-state index < -0.39 is 6.04 Å². The smallest absolute Gasteiger partial charge is 0.290 e. The lowest BCUT2D eigenvalue weighted by molar-refractivity contribution is -0.136. The van der Waals surface area contributed by atoms with Crippen LogP contribution in [0.3, 0.4) is 0 Å². The Bertz CT molecular complexity index is 863. The van der Waals surface area contributed by atoms with Crippen molar-refractivity contribution in [1.82, 2.24) is 4.90 Å². The highest BCUT2D eigenvalue weighted by molar-refractivity contribution is 6.11. The molecule has 31 heavy (non-hydrogen) atoms. The number of nitrogens with zero attached hydrogens (tertiary/aromatic N) is 1. The highest BCUT2D eigenvalue weighted by Gasteiger charge is 2.52. The predicted octanol–water partition coefficient (Wildman–Crippen LogP) is 4.05. The Morgan fingerprint density at radius 1 is 1.19 bits per heavy atom. The zero-order valence-corrected chi connectivity index (χ0v) is 18.8. The van der Waals surface area contributed by atoms with Gasteiger partial charge in [-0.05, 0) is 49.3 Å². The van der Waals surface area contributed by atoms with Gasteiger partial charge in [0.25, 0.3) is 5.91 Å². The molecule has 0 aromatic heterocycles. The third kappa shape index (κ3) is 4.22. The molecule has 2 aliphatic heterocycles. The van der Waals surface area contributed by atoms with Crippen molar-refractivity contribution in [2.24, 2.45) is 11.8 Å². The van der Waals surface area contributed by atoms with Crippen LogP contribution in [0.2, 0.25) is 0 Å². The maximum Gasteiger partial charge on any atom is 0.290 e. The number of carbonyl (C=O) groups is 2. The summed E-state index contributed by atoms with van der Waals surface area (Å²) in [6.07, 6.45) is 4.53. The maximum atomic E-state index is 13.7. The SMILES string of the molecule is CCCCOc1cccc(C2C3=C(OC4CCC(C)CC4C3=O)C(=O)N2CCOC)c1. The number of benzene rings is 1. The zero-order valence-electron chi connectivity index (χ0n) is 18.8. The molecule has 6 nitrogen and oxygen atoms in total. The molecule has 168 valence electrons. The summed E-state index contributed by atoms with van der Waals surface area (Å²) in [6.45, 7) is 5.75. The standard InChI is InChI=1S/C25H33NO5/c1-4-5-12-30-18-8-6-7-17(15-18)22-21-23(27)19-14-16(2)9-10-20(19)31-24(21)25(28)26(22)11-13-29-3/h6-8,15-16,19-20,22H,4-5,9-14H2,1-3H3. The van der Waals surface area contributed by atoms with Crippen molar-refractivity contribution in [3.05, 3.63) is 41.2 Å². The van der Waals surface area contributed by atoms with Crippen molar-refractivity contribution >= 4 is 11.7 Å². The Morgan fingerprint density at radius 3 is 2.81 bits per heavy atom. The summed E-state index contributed by atoms with van der Waals surface area (Å²) in [5.74, 6) is 1.20. The molecule has 4 atom stereocenters. The molecule has 4 unspecified atom stereocenters. The maximum absolute atomic E-state index is 13.7. The second-order valence-electron chi connectivity index (χ2n) is 8.96. The molecule has 4 rings (SSSR count). The molecule has 3 aliphatic rings. The topological polar surface area (TPSA) is 65.1 Å². The van der Waals surface area contributed by atoms with Gasteiger partial charge in [0.1, 0.15) is 11.9 Å². The Labute approximate surface area is 184 Å². The Hall–Kier alpha value is -2.34. The van der Waals surface area contributed by atoms with Crippen molar-refractivity contribution in [1.29, 1.82) is 0 Å². The number of hydrogen-bond donors (Lipinski definition) is 0. The first kappa shape index (κ1) is 21.9. The molecule has 1 fully saturated rings. The van der Waals surface area contributed by atoms with Gasteiger partial charge >= 0.3 is 0 Å². The minimum Gasteiger partial charge on any atom is -0.494 e. The van der Waals surface area contributed by atoms with Crippen molar-refractivity contribution in [2.45, 2.75) is 58.1 Å². The van der Waals surface area contributed by atoms with E-state index in [1.807, 2.05) is 24.3 Å². The molecule has 1 aromatic rings. The summed E-state index contributed by atoms with van der Waals surface area (Å²) < 4.78 is 17.4. The molecular weight excluding hydrogens is 394 g/mol. The van der Waals surface area contributed by atoms with Crippen LogP contribution in [-0.2, 0) is 19.1 Å². The summed E-state index contributed by atoms with van der Waals surface area (Å²) in [5, 5.41) is 0. The number of carbonyl (C=O) groups excluding carboxylic acids is 2. The number of fused-ring (bicyclic) bond motifs is 1. The molecule has 0 bridgehead atoms. The van der Waals surface area contributed by atoms with E-state index >= 15 is 0 Å². The van der Waals surface area contributed by atoms with E-state index in [1.54, 1.807) is 12.0 Å². The number of ketones is 1. The number of methoxy groups -OCH3 is 1. The van der Waals surface area contributed by atoms with Crippen LogP contribution in [0.5, 0.6) is 5.75 Å². The fourth-order valence-electron chi connectivity index (χ4n) is 5.00. The van der Waals surface area contributed by atoms with Crippen LogP contribution in [0.4, 0.5) is 0 Å². The molecule has 0 radical (unpaired) electrons. The summed E-state index contributed by atoms with van der Waals surface area (Å²) in [5.41, 5.74) is 1.39. The van der Waals surface area contributed by atoms with Crippen molar-refractivity contribution in [3.63, 3.8) is 0 Å². The van der Waals surface area contributed by atoms with Gasteiger partial charge in [-0.2, -0.15) is 0 Å². The van der Waals surface area contributed by atoms with Gasteiger partial charge in [0.15, 0.2) is 11.5 Å². The van der Waals surface area contributed by atoms with Crippen LogP contribution in [0.1, 0.15) is 57.6 Å². The summed E-state index contributed by atoms with van der Waals surface area (Å²) >= 11 is 0. The molecule has 0 N–H and O–H groups in total. The number of rotatable bonds is 8. The van der Waals surface area contributed by atoms with Crippen LogP contribution >= 0.6 is 0 Å². The summed E-state index contributed by atoms with van der Waals surface area (Å²) in [7, 11) is 1.61. The number of ether oxygens (including phenoxy) is 3. The molecule has 1 amide bonds. The van der Waals surface area contributed by atoms with Crippen LogP contribution in [-0.4, -0.2) is 49.6 Å². The van der Waals surface area contributed by atoms with Gasteiger partial charge in [0.2, 0.25) is 0 Å². The average molecular weight is 428 g/mol. The first-order valence-corrected chi connectivity index (χ1v) is 11.5. The molecular formula is C25H33NO5. The van der Waals surface area contributed by atoms with E-state index in [0.29, 0.717) is 31.2 Å². The van der Waals surface area contributed by atoms with Gasteiger partial charge in [0.05, 0.1) is 30.7 Å². The largest absolute Gasteiger partial charge is 0.494 e. The molecule has 1 aliphatic carbocycles. The fraction of sp³-hybridized carbons (Fsp3) is 0.600. The number of Topliss-reactive ketones (excluding diaryl/α,β-unsaturated/α-hetero) is 1. The van der Waals surface area contributed by atoms with Crippen LogP contribution in [0, 0.1) is 11.8 Å². The zero-order chi connectivity index (χ0) is 22.0. The van der Waals surface area contributed by atoms with Crippen LogP contribution < -0.4 is 4.74 Å². The van der Waals surface area contributed by atoms with Gasteiger partial charge in [-0.3, -0.25) is 9.59 Å². The number of unbranched alkanes of at least 4 members (excludes halogenated alkanes) is 1. The summed E-state index contributed by atoms with van der Waals surface area (Å²) in [4.78, 5) is 28.7. The van der Waals surface area contributed by atoms with E-state index in [-0.39, 0.29) is 29.5 Å². The predicted molar refractivity (Wildman–Crippen MR) is 117 cm³/mol. The van der Waals surface area contributed by atoms with Crippen molar-refractivity contribution in [2.75, 3.05) is 26.9 Å². The second-order valence-corrected chi connectivity index (χ2v) is 8.96. The van der Waals surface area contributed by atoms with Gasteiger partial charge in [0, 0.05) is 13.7 Å². The van der Waals surface area contributed by atoms with Gasteiger partial charge < -0.3 is 19.1 Å². The van der Waals surface area contributed by atoms with E-state index in [0.717, 1.165) is 43.4 Å². The van der Waals surface area contributed by atoms with Gasteiger partial charge in [-0.15, -0.1) is 0 Å². The Balaban J connectivity index is 1.69. The minimum atomic E-state index is -0.460. The quantitative estimate of drug-likeness (QED) is 0.586. The highest BCUT2D eigenvalue weighted by Crippen LogP contribution is 2.47. The molecule has 0 spiro atoms. The normalized spacial score (nSPS) is 27.8. The molecule has 1 aromatic carbocycles.